The molecule has 15 heavy (non-hydrogen) atoms. The number of rotatable bonds is 3. The number of hydrogen-bond acceptors (Lipinski definition) is 2. The summed E-state index contributed by atoms with van der Waals surface area (Å²) in [4.78, 5) is 0. The zero-order valence-electron chi connectivity index (χ0n) is 8.99. The van der Waals surface area contributed by atoms with Crippen molar-refractivity contribution in [1.29, 1.82) is 0 Å². The van der Waals surface area contributed by atoms with Gasteiger partial charge in [0.15, 0.2) is 0 Å². The van der Waals surface area contributed by atoms with E-state index in [1.807, 2.05) is 18.2 Å². The van der Waals surface area contributed by atoms with Crippen molar-refractivity contribution in [2.45, 2.75) is 6.42 Å². The highest BCUT2D eigenvalue weighted by Crippen LogP contribution is 2.36. The lowest BCUT2D eigenvalue weighted by Crippen LogP contribution is -1.94. The van der Waals surface area contributed by atoms with Crippen molar-refractivity contribution >= 4 is 5.57 Å². The Bertz CT molecular complexity index is 394. The van der Waals surface area contributed by atoms with Crippen LogP contribution >= 0.6 is 0 Å². The van der Waals surface area contributed by atoms with E-state index in [9.17, 15) is 0 Å². The van der Waals surface area contributed by atoms with Crippen molar-refractivity contribution in [3.05, 3.63) is 42.0 Å². The van der Waals surface area contributed by atoms with E-state index in [0.29, 0.717) is 0 Å². The fourth-order valence-electron chi connectivity index (χ4n) is 1.78. The van der Waals surface area contributed by atoms with Gasteiger partial charge in [-0.25, -0.2) is 0 Å². The van der Waals surface area contributed by atoms with Crippen LogP contribution in [0.1, 0.15) is 12.0 Å². The maximum Gasteiger partial charge on any atom is 0.130 e. The van der Waals surface area contributed by atoms with Gasteiger partial charge in [-0.05, 0) is 24.1 Å². The molecule has 2 heteroatoms. The summed E-state index contributed by atoms with van der Waals surface area (Å²) in [5.74, 6) is 1.71. The number of methoxy groups -OCH3 is 2. The molecule has 1 aliphatic carbocycles. The van der Waals surface area contributed by atoms with Gasteiger partial charge in [-0.1, -0.05) is 24.3 Å². The van der Waals surface area contributed by atoms with Crippen LogP contribution in [-0.4, -0.2) is 14.2 Å². The first-order chi connectivity index (χ1) is 7.36. The normalized spacial score (nSPS) is 13.9. The predicted octanol–water partition coefficient (Wildman–Crippen LogP) is 3.05. The van der Waals surface area contributed by atoms with E-state index >= 15 is 0 Å². The van der Waals surface area contributed by atoms with Crippen LogP contribution in [0.15, 0.2) is 36.4 Å². The van der Waals surface area contributed by atoms with E-state index in [2.05, 4.69) is 18.2 Å². The van der Waals surface area contributed by atoms with E-state index in [0.717, 1.165) is 23.5 Å². The van der Waals surface area contributed by atoms with Gasteiger partial charge in [0.25, 0.3) is 0 Å². The van der Waals surface area contributed by atoms with Crippen LogP contribution in [0.5, 0.6) is 11.5 Å². The maximum atomic E-state index is 5.35. The third kappa shape index (κ3) is 1.75. The van der Waals surface area contributed by atoms with Crippen molar-refractivity contribution in [2.75, 3.05) is 14.2 Å². The molecule has 1 aliphatic rings. The van der Waals surface area contributed by atoms with Gasteiger partial charge < -0.3 is 9.47 Å². The molecule has 0 spiro atoms. The fourth-order valence-corrected chi connectivity index (χ4v) is 1.78. The summed E-state index contributed by atoms with van der Waals surface area (Å²) in [7, 11) is 3.36. The summed E-state index contributed by atoms with van der Waals surface area (Å²) < 4.78 is 10.7. The van der Waals surface area contributed by atoms with Gasteiger partial charge in [-0.15, -0.1) is 0 Å². The van der Waals surface area contributed by atoms with Gasteiger partial charge in [-0.2, -0.15) is 0 Å². The summed E-state index contributed by atoms with van der Waals surface area (Å²) in [6.45, 7) is 0. The van der Waals surface area contributed by atoms with Crippen LogP contribution in [0.4, 0.5) is 0 Å². The smallest absolute Gasteiger partial charge is 0.130 e. The summed E-state index contributed by atoms with van der Waals surface area (Å²) >= 11 is 0. The highest BCUT2D eigenvalue weighted by atomic mass is 16.5. The Hall–Kier alpha value is -1.70. The largest absolute Gasteiger partial charge is 0.496 e. The monoisotopic (exact) mass is 202 g/mol. The van der Waals surface area contributed by atoms with Crippen molar-refractivity contribution in [3.8, 4) is 11.5 Å². The molecule has 0 amide bonds. The third-order valence-corrected chi connectivity index (χ3v) is 2.49. The molecule has 0 aromatic heterocycles. The highest BCUT2D eigenvalue weighted by molar-refractivity contribution is 5.83. The van der Waals surface area contributed by atoms with Crippen LogP contribution in [0.3, 0.4) is 0 Å². The van der Waals surface area contributed by atoms with E-state index in [1.165, 1.54) is 5.57 Å². The van der Waals surface area contributed by atoms with Crippen LogP contribution in [0.2, 0.25) is 0 Å². The molecule has 0 heterocycles. The topological polar surface area (TPSA) is 18.5 Å². The number of ether oxygens (including phenoxy) is 2. The first-order valence-corrected chi connectivity index (χ1v) is 4.95. The highest BCUT2D eigenvalue weighted by Gasteiger charge is 2.13. The Labute approximate surface area is 89.8 Å². The first kappa shape index (κ1) is 9.84. The molecule has 0 unspecified atom stereocenters. The molecule has 0 saturated heterocycles. The molecule has 0 fully saturated rings. The fraction of sp³-hybridized carbons (Fsp3) is 0.231. The molecule has 78 valence electrons. The summed E-state index contributed by atoms with van der Waals surface area (Å²) in [5, 5.41) is 0. The van der Waals surface area contributed by atoms with Crippen LogP contribution in [-0.2, 0) is 0 Å². The van der Waals surface area contributed by atoms with E-state index in [-0.39, 0.29) is 0 Å². The Morgan fingerprint density at radius 2 is 1.73 bits per heavy atom. The SMILES string of the molecule is COc1cccc(OC)c1C1=CCC=C1. The summed E-state index contributed by atoms with van der Waals surface area (Å²) in [6.07, 6.45) is 7.37. The Kier molecular flexibility index (Phi) is 2.77. The molecule has 2 rings (SSSR count). The van der Waals surface area contributed by atoms with Gasteiger partial charge >= 0.3 is 0 Å². The Morgan fingerprint density at radius 1 is 1.07 bits per heavy atom. The lowest BCUT2D eigenvalue weighted by atomic mass is 10.0. The minimum Gasteiger partial charge on any atom is -0.496 e. The minimum absolute atomic E-state index is 0.854. The predicted molar refractivity (Wildman–Crippen MR) is 61.3 cm³/mol. The van der Waals surface area contributed by atoms with Crippen molar-refractivity contribution in [1.82, 2.24) is 0 Å². The minimum atomic E-state index is 0.854. The molecular formula is C13H14O2. The second-order valence-corrected chi connectivity index (χ2v) is 3.34. The maximum absolute atomic E-state index is 5.35. The quantitative estimate of drug-likeness (QED) is 0.750. The van der Waals surface area contributed by atoms with Crippen molar-refractivity contribution < 1.29 is 9.47 Å². The second kappa shape index (κ2) is 4.22. The number of hydrogen-bond donors (Lipinski definition) is 0. The van der Waals surface area contributed by atoms with Crippen molar-refractivity contribution in [2.24, 2.45) is 0 Å². The molecule has 0 atom stereocenters. The van der Waals surface area contributed by atoms with Crippen LogP contribution in [0.25, 0.3) is 5.57 Å². The van der Waals surface area contributed by atoms with E-state index < -0.39 is 0 Å². The Balaban J connectivity index is 2.55. The zero-order valence-corrected chi connectivity index (χ0v) is 8.99. The third-order valence-electron chi connectivity index (χ3n) is 2.49. The summed E-state index contributed by atoms with van der Waals surface area (Å²) in [5.41, 5.74) is 2.21. The molecular weight excluding hydrogens is 188 g/mol. The lowest BCUT2D eigenvalue weighted by molar-refractivity contribution is 0.392. The van der Waals surface area contributed by atoms with E-state index in [1.54, 1.807) is 14.2 Å². The molecule has 0 bridgehead atoms. The lowest BCUT2D eigenvalue weighted by Gasteiger charge is -2.12. The molecule has 0 radical (unpaired) electrons. The number of allylic oxidation sites excluding steroid dienone is 4. The van der Waals surface area contributed by atoms with Crippen molar-refractivity contribution in [3.63, 3.8) is 0 Å². The Morgan fingerprint density at radius 3 is 2.20 bits per heavy atom. The van der Waals surface area contributed by atoms with E-state index in [4.69, 9.17) is 9.47 Å². The van der Waals surface area contributed by atoms with Gasteiger partial charge in [0.1, 0.15) is 11.5 Å². The van der Waals surface area contributed by atoms with Gasteiger partial charge in [-0.3, -0.25) is 0 Å². The summed E-state index contributed by atoms with van der Waals surface area (Å²) in [6, 6.07) is 5.83. The molecule has 0 N–H and O–H groups in total. The van der Waals surface area contributed by atoms with Gasteiger partial charge in [0, 0.05) is 0 Å². The van der Waals surface area contributed by atoms with Gasteiger partial charge in [0.05, 0.1) is 19.8 Å². The second-order valence-electron chi connectivity index (χ2n) is 3.34. The van der Waals surface area contributed by atoms with Gasteiger partial charge in [0.2, 0.25) is 0 Å². The molecule has 2 nitrogen and oxygen atoms in total. The standard InChI is InChI=1S/C13H14O2/c1-14-11-8-5-9-12(15-2)13(11)10-6-3-4-7-10/h3,5-9H,4H2,1-2H3. The molecule has 0 saturated carbocycles. The van der Waals surface area contributed by atoms with Crippen LogP contribution in [0, 0.1) is 0 Å². The average molecular weight is 202 g/mol. The van der Waals surface area contributed by atoms with Crippen LogP contribution < -0.4 is 9.47 Å². The molecule has 0 aliphatic heterocycles. The first-order valence-electron chi connectivity index (χ1n) is 4.95. The average Bonchev–Trinajstić information content (AvgIpc) is 2.81. The molecule has 1 aromatic carbocycles. The zero-order chi connectivity index (χ0) is 10.7. The number of benzene rings is 1. The molecule has 1 aromatic rings.